The van der Waals surface area contributed by atoms with E-state index in [1.165, 1.54) is 0 Å². The van der Waals surface area contributed by atoms with Gasteiger partial charge in [-0.3, -0.25) is 0 Å². The summed E-state index contributed by atoms with van der Waals surface area (Å²) in [5.74, 6) is 2.11. The van der Waals surface area contributed by atoms with Crippen LogP contribution in [0.1, 0.15) is 25.7 Å². The first kappa shape index (κ1) is 8.85. The molecule has 1 saturated heterocycles. The first-order chi connectivity index (χ1) is 5.72. The Kier molecular flexibility index (Phi) is 2.13. The van der Waals surface area contributed by atoms with Crippen LogP contribution in [0.2, 0.25) is 0 Å². The number of rotatable bonds is 2. The molecular weight excluding hydrogens is 172 g/mol. The Morgan fingerprint density at radius 3 is 2.08 bits per heavy atom. The fraction of sp³-hybridized carbons (Fsp3) is 1.00. The summed E-state index contributed by atoms with van der Waals surface area (Å²) in [7, 11) is 0. The van der Waals surface area contributed by atoms with Gasteiger partial charge in [-0.25, -0.2) is 0 Å². The van der Waals surface area contributed by atoms with Gasteiger partial charge in [-0.1, -0.05) is 0 Å². The van der Waals surface area contributed by atoms with Crippen molar-refractivity contribution in [2.45, 2.75) is 31.3 Å². The van der Waals surface area contributed by atoms with Gasteiger partial charge in [-0.05, 0) is 37.2 Å². The molecule has 0 aromatic carbocycles. The van der Waals surface area contributed by atoms with Crippen LogP contribution in [0.25, 0.3) is 0 Å². The molecule has 1 aliphatic heterocycles. The summed E-state index contributed by atoms with van der Waals surface area (Å²) >= 11 is 1.91. The highest BCUT2D eigenvalue weighted by atomic mass is 32.2. The molecule has 0 aromatic heterocycles. The van der Waals surface area contributed by atoms with Gasteiger partial charge in [-0.2, -0.15) is 11.8 Å². The Balaban J connectivity index is 2.08. The van der Waals surface area contributed by atoms with Crippen molar-refractivity contribution in [3.63, 3.8) is 0 Å². The Morgan fingerprint density at radius 1 is 1.08 bits per heavy atom. The Labute approximate surface area is 77.4 Å². The number of thioether (sulfide) groups is 1. The van der Waals surface area contributed by atoms with Crippen LogP contribution >= 0.6 is 11.8 Å². The molecule has 1 saturated carbocycles. The molecule has 12 heavy (non-hydrogen) atoms. The molecule has 2 nitrogen and oxygen atoms in total. The third-order valence-corrected chi connectivity index (χ3v) is 4.45. The Bertz CT molecular complexity index is 171. The van der Waals surface area contributed by atoms with Gasteiger partial charge in [0.05, 0.1) is 12.2 Å². The second-order valence-corrected chi connectivity index (χ2v) is 5.31. The lowest BCUT2D eigenvalue weighted by molar-refractivity contribution is -0.0612. The first-order valence-corrected chi connectivity index (χ1v) is 5.79. The van der Waals surface area contributed by atoms with Crippen LogP contribution < -0.4 is 0 Å². The van der Waals surface area contributed by atoms with Crippen molar-refractivity contribution in [3.8, 4) is 0 Å². The van der Waals surface area contributed by atoms with Gasteiger partial charge in [-0.15, -0.1) is 0 Å². The summed E-state index contributed by atoms with van der Waals surface area (Å²) in [5, 5.41) is 19.5. The lowest BCUT2D eigenvalue weighted by atomic mass is 9.80. The lowest BCUT2D eigenvalue weighted by Crippen LogP contribution is -2.44. The van der Waals surface area contributed by atoms with Crippen LogP contribution in [0.3, 0.4) is 0 Å². The van der Waals surface area contributed by atoms with E-state index in [0.717, 1.165) is 37.2 Å². The lowest BCUT2D eigenvalue weighted by Gasteiger charge is -2.38. The van der Waals surface area contributed by atoms with Crippen molar-refractivity contribution >= 4 is 11.8 Å². The molecule has 0 aromatic rings. The smallest absolute Gasteiger partial charge is 0.0741 e. The standard InChI is InChI=1S/C9H16O2S/c10-7-8(1-2-8)9(11)3-5-12-6-4-9/h10-11H,1-7H2. The summed E-state index contributed by atoms with van der Waals surface area (Å²) in [4.78, 5) is 0. The highest BCUT2D eigenvalue weighted by molar-refractivity contribution is 7.99. The maximum Gasteiger partial charge on any atom is 0.0741 e. The summed E-state index contributed by atoms with van der Waals surface area (Å²) in [6.07, 6.45) is 3.78. The quantitative estimate of drug-likeness (QED) is 0.679. The van der Waals surface area contributed by atoms with Crippen LogP contribution in [-0.4, -0.2) is 33.9 Å². The summed E-state index contributed by atoms with van der Waals surface area (Å²) < 4.78 is 0. The molecule has 0 radical (unpaired) electrons. The van der Waals surface area contributed by atoms with Crippen LogP contribution in [0.15, 0.2) is 0 Å². The van der Waals surface area contributed by atoms with Crippen molar-refractivity contribution in [2.75, 3.05) is 18.1 Å². The van der Waals surface area contributed by atoms with E-state index in [1.807, 2.05) is 11.8 Å². The topological polar surface area (TPSA) is 40.5 Å². The largest absolute Gasteiger partial charge is 0.396 e. The molecule has 0 amide bonds. The van der Waals surface area contributed by atoms with E-state index in [1.54, 1.807) is 0 Å². The van der Waals surface area contributed by atoms with E-state index < -0.39 is 5.60 Å². The van der Waals surface area contributed by atoms with E-state index >= 15 is 0 Å². The predicted molar refractivity (Wildman–Crippen MR) is 50.3 cm³/mol. The molecule has 2 rings (SSSR count). The average molecular weight is 188 g/mol. The summed E-state index contributed by atoms with van der Waals surface area (Å²) in [5.41, 5.74) is -0.638. The van der Waals surface area contributed by atoms with Gasteiger partial charge in [0.15, 0.2) is 0 Å². The zero-order chi connectivity index (χ0) is 8.66. The molecule has 70 valence electrons. The molecule has 0 atom stereocenters. The van der Waals surface area contributed by atoms with Gasteiger partial charge in [0.25, 0.3) is 0 Å². The number of hydrogen-bond donors (Lipinski definition) is 2. The Morgan fingerprint density at radius 2 is 1.67 bits per heavy atom. The molecule has 0 bridgehead atoms. The van der Waals surface area contributed by atoms with Crippen molar-refractivity contribution < 1.29 is 10.2 Å². The number of hydrogen-bond acceptors (Lipinski definition) is 3. The molecule has 2 fully saturated rings. The van der Waals surface area contributed by atoms with Gasteiger partial charge in [0.1, 0.15) is 0 Å². The number of aliphatic hydroxyl groups is 2. The normalized spacial score (nSPS) is 31.5. The van der Waals surface area contributed by atoms with E-state index in [2.05, 4.69) is 0 Å². The molecule has 1 aliphatic carbocycles. The van der Waals surface area contributed by atoms with Crippen molar-refractivity contribution in [3.05, 3.63) is 0 Å². The number of aliphatic hydroxyl groups excluding tert-OH is 1. The molecular formula is C9H16O2S. The summed E-state index contributed by atoms with van der Waals surface area (Å²) in [6.45, 7) is 0.175. The average Bonchev–Trinajstić information content (AvgIpc) is 2.86. The minimum absolute atomic E-state index is 0.103. The van der Waals surface area contributed by atoms with Gasteiger partial charge in [0, 0.05) is 5.41 Å². The van der Waals surface area contributed by atoms with Gasteiger partial charge < -0.3 is 10.2 Å². The third-order valence-electron chi connectivity index (χ3n) is 3.46. The maximum absolute atomic E-state index is 10.3. The van der Waals surface area contributed by atoms with Gasteiger partial charge in [0.2, 0.25) is 0 Å². The maximum atomic E-state index is 10.3. The first-order valence-electron chi connectivity index (χ1n) is 4.63. The zero-order valence-corrected chi connectivity index (χ0v) is 8.07. The molecule has 2 N–H and O–H groups in total. The monoisotopic (exact) mass is 188 g/mol. The molecule has 1 heterocycles. The van der Waals surface area contributed by atoms with E-state index in [-0.39, 0.29) is 12.0 Å². The van der Waals surface area contributed by atoms with E-state index in [9.17, 15) is 10.2 Å². The van der Waals surface area contributed by atoms with E-state index in [0.29, 0.717) is 0 Å². The minimum atomic E-state index is -0.535. The van der Waals surface area contributed by atoms with Crippen molar-refractivity contribution in [2.24, 2.45) is 5.41 Å². The Hall–Kier alpha value is 0.270. The SMILES string of the molecule is OCC1(C2(O)CCSCC2)CC1. The van der Waals surface area contributed by atoms with Gasteiger partial charge >= 0.3 is 0 Å². The van der Waals surface area contributed by atoms with Crippen LogP contribution in [0, 0.1) is 5.41 Å². The highest BCUT2D eigenvalue weighted by Crippen LogP contribution is 2.57. The summed E-state index contributed by atoms with van der Waals surface area (Å²) in [6, 6.07) is 0. The minimum Gasteiger partial charge on any atom is -0.396 e. The highest BCUT2D eigenvalue weighted by Gasteiger charge is 2.58. The van der Waals surface area contributed by atoms with Crippen LogP contribution in [0.5, 0.6) is 0 Å². The fourth-order valence-electron chi connectivity index (χ4n) is 2.16. The van der Waals surface area contributed by atoms with Crippen molar-refractivity contribution in [1.29, 1.82) is 0 Å². The molecule has 0 spiro atoms. The second-order valence-electron chi connectivity index (χ2n) is 4.08. The third kappa shape index (κ3) is 1.19. The second kappa shape index (κ2) is 2.89. The predicted octanol–water partition coefficient (Wildman–Crippen LogP) is 1.02. The molecule has 2 aliphatic rings. The van der Waals surface area contributed by atoms with Crippen LogP contribution in [-0.2, 0) is 0 Å². The zero-order valence-electron chi connectivity index (χ0n) is 7.25. The fourth-order valence-corrected chi connectivity index (χ4v) is 3.33. The van der Waals surface area contributed by atoms with Crippen molar-refractivity contribution in [1.82, 2.24) is 0 Å². The van der Waals surface area contributed by atoms with Crippen LogP contribution in [0.4, 0.5) is 0 Å². The molecule has 3 heteroatoms. The molecule has 0 unspecified atom stereocenters. The van der Waals surface area contributed by atoms with E-state index in [4.69, 9.17) is 0 Å².